The van der Waals surface area contributed by atoms with Gasteiger partial charge in [0.25, 0.3) is 5.56 Å². The molecule has 0 fully saturated rings. The summed E-state index contributed by atoms with van der Waals surface area (Å²) in [5, 5.41) is 9.93. The first kappa shape index (κ1) is 14.2. The minimum Gasteiger partial charge on any atom is -0.493 e. The second-order valence-electron chi connectivity index (χ2n) is 4.49. The number of benzene rings is 1. The van der Waals surface area contributed by atoms with Crippen LogP contribution in [0.5, 0.6) is 5.88 Å². The summed E-state index contributed by atoms with van der Waals surface area (Å²) in [5.41, 5.74) is -0.735. The molecular formula is C14H15FN2O3. The molecule has 5 nitrogen and oxygen atoms in total. The van der Waals surface area contributed by atoms with E-state index in [0.29, 0.717) is 12.4 Å². The molecule has 2 aromatic rings. The summed E-state index contributed by atoms with van der Waals surface area (Å²) in [6.45, 7) is 2.14. The molecule has 0 saturated heterocycles. The van der Waals surface area contributed by atoms with E-state index in [-0.39, 0.29) is 17.0 Å². The van der Waals surface area contributed by atoms with Crippen LogP contribution in [-0.2, 0) is 4.74 Å². The maximum atomic E-state index is 13.7. The van der Waals surface area contributed by atoms with Gasteiger partial charge >= 0.3 is 0 Å². The van der Waals surface area contributed by atoms with E-state index < -0.39 is 17.3 Å². The largest absolute Gasteiger partial charge is 0.493 e. The molecule has 0 amide bonds. The number of aromatic nitrogens is 2. The maximum absolute atomic E-state index is 13.7. The molecule has 0 bridgehead atoms. The Bertz CT molecular complexity index is 670. The van der Waals surface area contributed by atoms with Crippen molar-refractivity contribution in [1.29, 1.82) is 0 Å². The molecule has 0 aliphatic carbocycles. The van der Waals surface area contributed by atoms with Crippen LogP contribution in [0.1, 0.15) is 18.7 Å². The van der Waals surface area contributed by atoms with Crippen LogP contribution in [0.25, 0.3) is 11.1 Å². The first-order chi connectivity index (χ1) is 9.54. The van der Waals surface area contributed by atoms with Crippen LogP contribution in [0.2, 0.25) is 0 Å². The zero-order valence-corrected chi connectivity index (χ0v) is 11.2. The molecule has 1 aromatic heterocycles. The normalized spacial score (nSPS) is 12.3. The SMILES string of the molecule is COCC(C)c1nc(O)c(-c2ccccc2F)c(=O)[nH]1. The van der Waals surface area contributed by atoms with Gasteiger partial charge in [0, 0.05) is 18.6 Å². The standard InChI is InChI=1S/C14H15FN2O3/c1-8(7-20-2)12-16-13(18)11(14(19)17-12)9-5-3-4-6-10(9)15/h3-6,8H,7H2,1-2H3,(H2,16,17,18,19). The molecule has 0 radical (unpaired) electrons. The molecule has 0 aliphatic heterocycles. The lowest BCUT2D eigenvalue weighted by atomic mass is 10.1. The number of nitrogens with one attached hydrogen (secondary N) is 1. The molecule has 6 heteroatoms. The van der Waals surface area contributed by atoms with Gasteiger partial charge in [-0.1, -0.05) is 25.1 Å². The van der Waals surface area contributed by atoms with Gasteiger partial charge in [0.2, 0.25) is 5.88 Å². The summed E-state index contributed by atoms with van der Waals surface area (Å²) in [7, 11) is 1.53. The number of aromatic hydroxyl groups is 1. The van der Waals surface area contributed by atoms with Crippen molar-refractivity contribution in [2.45, 2.75) is 12.8 Å². The number of hydrogen-bond acceptors (Lipinski definition) is 4. The predicted octanol–water partition coefficient (Wildman–Crippen LogP) is 2.03. The van der Waals surface area contributed by atoms with Crippen LogP contribution in [-0.4, -0.2) is 28.8 Å². The van der Waals surface area contributed by atoms with Crippen LogP contribution in [0, 0.1) is 5.82 Å². The number of methoxy groups -OCH3 is 1. The van der Waals surface area contributed by atoms with Crippen LogP contribution < -0.4 is 5.56 Å². The molecule has 1 heterocycles. The quantitative estimate of drug-likeness (QED) is 0.897. The third kappa shape index (κ3) is 2.70. The van der Waals surface area contributed by atoms with Gasteiger partial charge in [0.1, 0.15) is 17.2 Å². The van der Waals surface area contributed by atoms with Crippen LogP contribution in [0.15, 0.2) is 29.1 Å². The second-order valence-corrected chi connectivity index (χ2v) is 4.49. The van der Waals surface area contributed by atoms with E-state index >= 15 is 0 Å². The van der Waals surface area contributed by atoms with E-state index in [2.05, 4.69) is 9.97 Å². The minimum absolute atomic E-state index is 0.0182. The Hall–Kier alpha value is -2.21. The summed E-state index contributed by atoms with van der Waals surface area (Å²) in [5.74, 6) is -0.965. The first-order valence-corrected chi connectivity index (χ1v) is 6.11. The Kier molecular flexibility index (Phi) is 4.14. The molecule has 0 aliphatic rings. The Morgan fingerprint density at radius 3 is 2.75 bits per heavy atom. The van der Waals surface area contributed by atoms with Crippen molar-refractivity contribution in [2.75, 3.05) is 13.7 Å². The average Bonchev–Trinajstić information content (AvgIpc) is 2.40. The lowest BCUT2D eigenvalue weighted by Crippen LogP contribution is -2.17. The smallest absolute Gasteiger partial charge is 0.262 e. The van der Waals surface area contributed by atoms with E-state index in [1.165, 1.54) is 25.3 Å². The van der Waals surface area contributed by atoms with Gasteiger partial charge in [-0.2, -0.15) is 4.98 Å². The number of rotatable bonds is 4. The van der Waals surface area contributed by atoms with Gasteiger partial charge in [0.15, 0.2) is 0 Å². The number of hydrogen-bond donors (Lipinski definition) is 2. The Balaban J connectivity index is 2.53. The number of nitrogens with zero attached hydrogens (tertiary/aromatic N) is 1. The van der Waals surface area contributed by atoms with Crippen LogP contribution >= 0.6 is 0 Å². The molecule has 106 valence electrons. The highest BCUT2D eigenvalue weighted by Gasteiger charge is 2.18. The van der Waals surface area contributed by atoms with Crippen molar-refractivity contribution in [3.8, 4) is 17.0 Å². The summed E-state index contributed by atoms with van der Waals surface area (Å²) in [4.78, 5) is 18.5. The van der Waals surface area contributed by atoms with Crippen molar-refractivity contribution in [3.05, 3.63) is 46.3 Å². The van der Waals surface area contributed by atoms with Gasteiger partial charge < -0.3 is 14.8 Å². The van der Waals surface area contributed by atoms with Crippen molar-refractivity contribution < 1.29 is 14.2 Å². The zero-order chi connectivity index (χ0) is 14.7. The zero-order valence-electron chi connectivity index (χ0n) is 11.2. The van der Waals surface area contributed by atoms with Crippen molar-refractivity contribution >= 4 is 0 Å². The summed E-state index contributed by atoms with van der Waals surface area (Å²) in [6.07, 6.45) is 0. The van der Waals surface area contributed by atoms with Gasteiger partial charge in [0.05, 0.1) is 6.61 Å². The predicted molar refractivity (Wildman–Crippen MR) is 72.2 cm³/mol. The Morgan fingerprint density at radius 1 is 1.45 bits per heavy atom. The fraction of sp³-hybridized carbons (Fsp3) is 0.286. The number of halogens is 1. The highest BCUT2D eigenvalue weighted by atomic mass is 19.1. The van der Waals surface area contributed by atoms with Crippen molar-refractivity contribution in [1.82, 2.24) is 9.97 Å². The van der Waals surface area contributed by atoms with Gasteiger partial charge in [-0.05, 0) is 6.07 Å². The van der Waals surface area contributed by atoms with E-state index in [1.807, 2.05) is 0 Å². The number of H-pyrrole nitrogens is 1. The Morgan fingerprint density at radius 2 is 2.15 bits per heavy atom. The average molecular weight is 278 g/mol. The van der Waals surface area contributed by atoms with Crippen molar-refractivity contribution in [3.63, 3.8) is 0 Å². The maximum Gasteiger partial charge on any atom is 0.262 e. The lowest BCUT2D eigenvalue weighted by Gasteiger charge is -2.11. The van der Waals surface area contributed by atoms with Crippen LogP contribution in [0.3, 0.4) is 0 Å². The fourth-order valence-electron chi connectivity index (χ4n) is 1.95. The summed E-state index contributed by atoms with van der Waals surface area (Å²) in [6, 6.07) is 5.72. The summed E-state index contributed by atoms with van der Waals surface area (Å²) < 4.78 is 18.7. The second kappa shape index (κ2) is 5.83. The molecule has 1 aromatic carbocycles. The third-order valence-corrected chi connectivity index (χ3v) is 2.95. The van der Waals surface area contributed by atoms with E-state index in [4.69, 9.17) is 4.74 Å². The van der Waals surface area contributed by atoms with Gasteiger partial charge in [-0.15, -0.1) is 0 Å². The summed E-state index contributed by atoms with van der Waals surface area (Å²) >= 11 is 0. The van der Waals surface area contributed by atoms with Crippen LogP contribution in [0.4, 0.5) is 4.39 Å². The number of ether oxygens (including phenoxy) is 1. The van der Waals surface area contributed by atoms with E-state index in [9.17, 15) is 14.3 Å². The molecule has 0 spiro atoms. The molecule has 20 heavy (non-hydrogen) atoms. The molecule has 2 rings (SSSR count). The highest BCUT2D eigenvalue weighted by molar-refractivity contribution is 5.67. The minimum atomic E-state index is -0.590. The monoisotopic (exact) mass is 278 g/mol. The topological polar surface area (TPSA) is 75.2 Å². The molecular weight excluding hydrogens is 263 g/mol. The van der Waals surface area contributed by atoms with Gasteiger partial charge in [-0.25, -0.2) is 4.39 Å². The Labute approximate surface area is 115 Å². The van der Waals surface area contributed by atoms with Gasteiger partial charge in [-0.3, -0.25) is 4.79 Å². The first-order valence-electron chi connectivity index (χ1n) is 6.11. The lowest BCUT2D eigenvalue weighted by molar-refractivity contribution is 0.181. The van der Waals surface area contributed by atoms with E-state index in [0.717, 1.165) is 0 Å². The van der Waals surface area contributed by atoms with Crippen molar-refractivity contribution in [2.24, 2.45) is 0 Å². The third-order valence-electron chi connectivity index (χ3n) is 2.95. The molecule has 0 saturated carbocycles. The number of aromatic amines is 1. The molecule has 1 unspecified atom stereocenters. The highest BCUT2D eigenvalue weighted by Crippen LogP contribution is 2.26. The molecule has 1 atom stereocenters. The fourth-order valence-corrected chi connectivity index (χ4v) is 1.95. The molecule has 2 N–H and O–H groups in total. The van der Waals surface area contributed by atoms with E-state index in [1.54, 1.807) is 13.0 Å².